The van der Waals surface area contributed by atoms with Crippen molar-refractivity contribution < 1.29 is 30.2 Å². The molecule has 158 valence electrons. The van der Waals surface area contributed by atoms with Crippen molar-refractivity contribution in [3.63, 3.8) is 0 Å². The first-order chi connectivity index (χ1) is 13.4. The Morgan fingerprint density at radius 2 is 1.93 bits per heavy atom. The lowest BCUT2D eigenvalue weighted by Crippen LogP contribution is -2.27. The van der Waals surface area contributed by atoms with Gasteiger partial charge in [0.05, 0.1) is 29.4 Å². The van der Waals surface area contributed by atoms with Crippen LogP contribution in [-0.4, -0.2) is 31.3 Å². The summed E-state index contributed by atoms with van der Waals surface area (Å²) in [6, 6.07) is 4.46. The van der Waals surface area contributed by atoms with E-state index in [-0.39, 0.29) is 4.90 Å². The van der Waals surface area contributed by atoms with Crippen LogP contribution >= 0.6 is 0 Å². The summed E-state index contributed by atoms with van der Waals surface area (Å²) in [5, 5.41) is 7.11. The van der Waals surface area contributed by atoms with E-state index in [2.05, 4.69) is 10.4 Å². The second-order valence-corrected chi connectivity index (χ2v) is 7.61. The van der Waals surface area contributed by atoms with Crippen LogP contribution in [-0.2, 0) is 20.5 Å². The molecule has 0 saturated heterocycles. The van der Waals surface area contributed by atoms with Crippen LogP contribution in [0.4, 0.5) is 23.2 Å². The SMILES string of the molecule is Cc1ccc(S(=O)(=O)OC/C=C(\F)[C@@H](C)Nc2cn[nH]c(=O)c2C(F)(F)F)cc1. The van der Waals surface area contributed by atoms with E-state index in [1.807, 2.05) is 0 Å². The molecule has 2 N–H and O–H groups in total. The molecule has 12 heteroatoms. The van der Waals surface area contributed by atoms with E-state index in [4.69, 9.17) is 4.18 Å². The Morgan fingerprint density at radius 1 is 1.31 bits per heavy atom. The number of hydrogen-bond donors (Lipinski definition) is 2. The summed E-state index contributed by atoms with van der Waals surface area (Å²) in [5.74, 6) is -0.988. The normalized spacial score (nSPS) is 13.9. The third-order valence-corrected chi connectivity index (χ3v) is 5.03. The summed E-state index contributed by atoms with van der Waals surface area (Å²) in [5.41, 5.74) is -2.91. The van der Waals surface area contributed by atoms with Crippen molar-refractivity contribution in [1.82, 2.24) is 10.2 Å². The molecule has 0 radical (unpaired) electrons. The highest BCUT2D eigenvalue weighted by Gasteiger charge is 2.37. The van der Waals surface area contributed by atoms with Gasteiger partial charge in [-0.3, -0.25) is 8.98 Å². The molecule has 0 spiro atoms. The molecule has 0 fully saturated rings. The number of hydrogen-bond acceptors (Lipinski definition) is 6. The molecule has 0 unspecified atom stereocenters. The summed E-state index contributed by atoms with van der Waals surface area (Å²) in [6.45, 7) is 2.28. The zero-order valence-electron chi connectivity index (χ0n) is 15.2. The molecular formula is C17H17F4N3O4S. The van der Waals surface area contributed by atoms with Crippen molar-refractivity contribution in [2.24, 2.45) is 0 Å². The predicted octanol–water partition coefficient (Wildman–Crippen LogP) is 3.16. The van der Waals surface area contributed by atoms with Gasteiger partial charge in [-0.25, -0.2) is 9.49 Å². The number of aromatic nitrogens is 2. The highest BCUT2D eigenvalue weighted by Crippen LogP contribution is 2.32. The number of anilines is 1. The minimum absolute atomic E-state index is 0.118. The summed E-state index contributed by atoms with van der Waals surface area (Å²) >= 11 is 0. The molecule has 29 heavy (non-hydrogen) atoms. The zero-order chi connectivity index (χ0) is 21.8. The molecule has 0 aliphatic carbocycles. The van der Waals surface area contributed by atoms with Gasteiger partial charge < -0.3 is 5.32 Å². The van der Waals surface area contributed by atoms with E-state index in [1.54, 1.807) is 24.2 Å². The molecule has 1 aromatic carbocycles. The van der Waals surface area contributed by atoms with E-state index in [9.17, 15) is 30.8 Å². The molecule has 0 aliphatic heterocycles. The van der Waals surface area contributed by atoms with Crippen LogP contribution < -0.4 is 10.9 Å². The summed E-state index contributed by atoms with van der Waals surface area (Å²) in [6.07, 6.45) is -3.52. The van der Waals surface area contributed by atoms with Gasteiger partial charge in [0, 0.05) is 0 Å². The topological polar surface area (TPSA) is 101 Å². The third kappa shape index (κ3) is 5.87. The Kier molecular flexibility index (Phi) is 6.80. The van der Waals surface area contributed by atoms with Gasteiger partial charge in [0.2, 0.25) is 0 Å². The molecule has 0 aliphatic rings. The van der Waals surface area contributed by atoms with Crippen LogP contribution in [0.5, 0.6) is 0 Å². The maximum absolute atomic E-state index is 14.2. The molecule has 0 amide bonds. The minimum atomic E-state index is -4.98. The Morgan fingerprint density at radius 3 is 2.52 bits per heavy atom. The van der Waals surface area contributed by atoms with E-state index >= 15 is 0 Å². The predicted molar refractivity (Wildman–Crippen MR) is 96.5 cm³/mol. The maximum atomic E-state index is 14.2. The van der Waals surface area contributed by atoms with Crippen molar-refractivity contribution in [2.45, 2.75) is 31.0 Å². The number of alkyl halides is 3. The largest absolute Gasteiger partial charge is 0.423 e. The van der Waals surface area contributed by atoms with Gasteiger partial charge in [0.15, 0.2) is 0 Å². The van der Waals surface area contributed by atoms with Crippen molar-refractivity contribution in [3.8, 4) is 0 Å². The fraction of sp³-hybridized carbons (Fsp3) is 0.294. The summed E-state index contributed by atoms with van der Waals surface area (Å²) in [7, 11) is -4.12. The number of benzene rings is 1. The van der Waals surface area contributed by atoms with E-state index in [1.165, 1.54) is 19.1 Å². The molecule has 1 heterocycles. The summed E-state index contributed by atoms with van der Waals surface area (Å²) < 4.78 is 81.9. The van der Waals surface area contributed by atoms with Gasteiger partial charge in [-0.05, 0) is 32.1 Å². The van der Waals surface area contributed by atoms with Gasteiger partial charge in [-0.15, -0.1) is 0 Å². The lowest BCUT2D eigenvalue weighted by atomic mass is 10.2. The van der Waals surface area contributed by atoms with Crippen molar-refractivity contribution in [2.75, 3.05) is 11.9 Å². The van der Waals surface area contributed by atoms with Crippen molar-refractivity contribution in [1.29, 1.82) is 0 Å². The molecule has 2 rings (SSSR count). The van der Waals surface area contributed by atoms with E-state index in [0.717, 1.165) is 11.6 Å². The molecule has 0 bridgehead atoms. The first-order valence-electron chi connectivity index (χ1n) is 8.15. The number of nitrogens with zero attached hydrogens (tertiary/aromatic N) is 1. The smallest absolute Gasteiger partial charge is 0.374 e. The van der Waals surface area contributed by atoms with Gasteiger partial charge in [0.1, 0.15) is 11.4 Å². The van der Waals surface area contributed by atoms with Crippen LogP contribution in [0.3, 0.4) is 0 Å². The molecule has 2 aromatic rings. The van der Waals surface area contributed by atoms with Gasteiger partial charge >= 0.3 is 6.18 Å². The monoisotopic (exact) mass is 435 g/mol. The second kappa shape index (κ2) is 8.74. The van der Waals surface area contributed by atoms with Crippen LogP contribution in [0.25, 0.3) is 0 Å². The van der Waals surface area contributed by atoms with Crippen LogP contribution in [0, 0.1) is 6.92 Å². The second-order valence-electron chi connectivity index (χ2n) is 5.99. The fourth-order valence-corrected chi connectivity index (χ4v) is 3.10. The number of aryl methyl sites for hydroxylation is 1. The summed E-state index contributed by atoms with van der Waals surface area (Å²) in [4.78, 5) is 11.3. The van der Waals surface area contributed by atoms with Gasteiger partial charge in [0.25, 0.3) is 15.7 Å². The molecule has 1 atom stereocenters. The van der Waals surface area contributed by atoms with Crippen molar-refractivity contribution >= 4 is 15.8 Å². The number of halogens is 4. The lowest BCUT2D eigenvalue weighted by Gasteiger charge is -2.17. The Labute approximate surface area is 163 Å². The Bertz CT molecular complexity index is 1050. The first kappa shape index (κ1) is 22.6. The van der Waals surface area contributed by atoms with E-state index < -0.39 is 51.6 Å². The van der Waals surface area contributed by atoms with Crippen molar-refractivity contribution in [3.05, 3.63) is 63.8 Å². The van der Waals surface area contributed by atoms with Gasteiger partial charge in [-0.2, -0.15) is 26.7 Å². The molecular weight excluding hydrogens is 418 g/mol. The fourth-order valence-electron chi connectivity index (χ4n) is 2.24. The maximum Gasteiger partial charge on any atom is 0.423 e. The van der Waals surface area contributed by atoms with Crippen LogP contribution in [0.1, 0.15) is 18.1 Å². The quantitative estimate of drug-likeness (QED) is 0.512. The lowest BCUT2D eigenvalue weighted by molar-refractivity contribution is -0.138. The first-order valence-corrected chi connectivity index (χ1v) is 9.55. The molecule has 0 saturated carbocycles. The Balaban J connectivity index is 2.08. The molecule has 1 aromatic heterocycles. The number of nitrogens with one attached hydrogen (secondary N) is 2. The van der Waals surface area contributed by atoms with E-state index in [0.29, 0.717) is 6.20 Å². The highest BCUT2D eigenvalue weighted by molar-refractivity contribution is 7.86. The minimum Gasteiger partial charge on any atom is -0.374 e. The zero-order valence-corrected chi connectivity index (χ0v) is 16.1. The molecule has 7 nitrogen and oxygen atoms in total. The van der Waals surface area contributed by atoms with Crippen LogP contribution in [0.15, 0.2) is 52.1 Å². The highest BCUT2D eigenvalue weighted by atomic mass is 32.2. The number of aromatic amines is 1. The average Bonchev–Trinajstić information content (AvgIpc) is 2.60. The Hall–Kier alpha value is -2.73. The number of H-pyrrole nitrogens is 1. The third-order valence-electron chi connectivity index (χ3n) is 3.74. The standard InChI is InChI=1S/C17H17F4N3O4S/c1-10-3-5-12(6-4-10)29(26,27)28-8-7-13(18)11(2)23-14-9-22-24-16(25)15(14)17(19,20)21/h3-7,9,11H,8H2,1-2H3,(H2,23,24,25)/b13-7-/t11-/m1/s1. The van der Waals surface area contributed by atoms with Gasteiger partial charge in [-0.1, -0.05) is 17.7 Å². The van der Waals surface area contributed by atoms with Crippen LogP contribution in [0.2, 0.25) is 0 Å². The average molecular weight is 435 g/mol. The number of rotatable bonds is 7.